The predicted molar refractivity (Wildman–Crippen MR) is 86.6 cm³/mol. The van der Waals surface area contributed by atoms with Crippen molar-refractivity contribution >= 4 is 10.9 Å². The third kappa shape index (κ3) is 2.64. The molecule has 4 rings (SSSR count). The van der Waals surface area contributed by atoms with Gasteiger partial charge in [0.05, 0.1) is 5.69 Å². The zero-order valence-electron chi connectivity index (χ0n) is 12.9. The van der Waals surface area contributed by atoms with Crippen LogP contribution in [0.2, 0.25) is 0 Å². The van der Waals surface area contributed by atoms with E-state index in [4.69, 9.17) is 0 Å². The summed E-state index contributed by atoms with van der Waals surface area (Å²) in [6, 6.07) is 8.98. The molecule has 1 aliphatic rings. The van der Waals surface area contributed by atoms with Crippen molar-refractivity contribution in [1.82, 2.24) is 24.9 Å². The van der Waals surface area contributed by atoms with E-state index in [0.717, 1.165) is 25.3 Å². The van der Waals surface area contributed by atoms with E-state index in [9.17, 15) is 0 Å². The second-order valence-corrected chi connectivity index (χ2v) is 6.26. The number of piperidine rings is 1. The summed E-state index contributed by atoms with van der Waals surface area (Å²) < 4.78 is 1.77. The molecule has 1 aliphatic heterocycles. The maximum atomic E-state index is 4.18. The molecule has 1 fully saturated rings. The van der Waals surface area contributed by atoms with Gasteiger partial charge in [0, 0.05) is 31.5 Å². The van der Waals surface area contributed by atoms with Gasteiger partial charge in [-0.05, 0) is 61.0 Å². The number of nitrogens with one attached hydrogen (secondary N) is 1. The minimum atomic E-state index is 0.678. The molecule has 5 heteroatoms. The van der Waals surface area contributed by atoms with E-state index in [-0.39, 0.29) is 0 Å². The van der Waals surface area contributed by atoms with Gasteiger partial charge in [0.1, 0.15) is 0 Å². The number of benzene rings is 1. The Bertz CT molecular complexity index is 764. The fourth-order valence-electron chi connectivity index (χ4n) is 3.45. The van der Waals surface area contributed by atoms with Crippen molar-refractivity contribution in [2.45, 2.75) is 25.3 Å². The average Bonchev–Trinajstić information content (AvgIpc) is 3.16. The van der Waals surface area contributed by atoms with Crippen LogP contribution in [0.4, 0.5) is 0 Å². The number of hydrogen-bond donors (Lipinski definition) is 1. The van der Waals surface area contributed by atoms with Crippen LogP contribution in [-0.4, -0.2) is 38.0 Å². The van der Waals surface area contributed by atoms with Gasteiger partial charge < -0.3 is 4.98 Å². The molecular weight excluding hydrogens is 274 g/mol. The average molecular weight is 295 g/mol. The van der Waals surface area contributed by atoms with E-state index in [0.29, 0.717) is 5.92 Å². The highest BCUT2D eigenvalue weighted by Crippen LogP contribution is 2.30. The summed E-state index contributed by atoms with van der Waals surface area (Å²) in [4.78, 5) is 5.74. The first-order chi connectivity index (χ1) is 10.8. The first-order valence-corrected chi connectivity index (χ1v) is 7.92. The van der Waals surface area contributed by atoms with E-state index in [1.165, 1.54) is 29.3 Å². The van der Waals surface area contributed by atoms with Crippen LogP contribution in [0.1, 0.15) is 30.0 Å². The molecule has 3 heterocycles. The molecule has 1 N–H and O–H groups in total. The Hall–Kier alpha value is -2.14. The minimum absolute atomic E-state index is 0.678. The van der Waals surface area contributed by atoms with Crippen LogP contribution in [-0.2, 0) is 13.6 Å². The maximum absolute atomic E-state index is 4.18. The normalized spacial score (nSPS) is 17.3. The van der Waals surface area contributed by atoms with E-state index in [1.807, 2.05) is 19.4 Å². The highest BCUT2D eigenvalue weighted by atomic mass is 15.4. The quantitative estimate of drug-likeness (QED) is 0.808. The first-order valence-electron chi connectivity index (χ1n) is 7.92. The number of aromatic amines is 1. The Morgan fingerprint density at radius 2 is 2.09 bits per heavy atom. The van der Waals surface area contributed by atoms with Crippen LogP contribution in [0, 0.1) is 0 Å². The van der Waals surface area contributed by atoms with Crippen molar-refractivity contribution < 1.29 is 0 Å². The maximum Gasteiger partial charge on any atom is 0.0966 e. The van der Waals surface area contributed by atoms with E-state index < -0.39 is 0 Å². The lowest BCUT2D eigenvalue weighted by Gasteiger charge is -2.31. The van der Waals surface area contributed by atoms with Crippen LogP contribution in [0.25, 0.3) is 10.9 Å². The van der Waals surface area contributed by atoms with Crippen molar-refractivity contribution in [3.63, 3.8) is 0 Å². The highest BCUT2D eigenvalue weighted by molar-refractivity contribution is 5.80. The van der Waals surface area contributed by atoms with Crippen molar-refractivity contribution in [3.05, 3.63) is 47.9 Å². The van der Waals surface area contributed by atoms with Crippen molar-refractivity contribution in [1.29, 1.82) is 0 Å². The number of rotatable bonds is 3. The number of aromatic nitrogens is 4. The summed E-state index contributed by atoms with van der Waals surface area (Å²) in [5.74, 6) is 0.678. The lowest BCUT2D eigenvalue weighted by Crippen LogP contribution is -2.32. The number of aryl methyl sites for hydroxylation is 1. The molecular formula is C17H21N5. The molecule has 1 saturated heterocycles. The smallest absolute Gasteiger partial charge is 0.0966 e. The summed E-state index contributed by atoms with van der Waals surface area (Å²) in [7, 11) is 1.92. The zero-order chi connectivity index (χ0) is 14.9. The molecule has 2 aromatic heterocycles. The van der Waals surface area contributed by atoms with Gasteiger partial charge in [-0.15, -0.1) is 5.10 Å². The molecule has 5 nitrogen and oxygen atoms in total. The molecule has 0 spiro atoms. The lowest BCUT2D eigenvalue weighted by molar-refractivity contribution is 0.202. The molecule has 0 amide bonds. The largest absolute Gasteiger partial charge is 0.361 e. The van der Waals surface area contributed by atoms with E-state index in [1.54, 1.807) is 4.68 Å². The number of likely N-dealkylation sites (tertiary alicyclic amines) is 1. The molecule has 0 unspecified atom stereocenters. The molecule has 22 heavy (non-hydrogen) atoms. The predicted octanol–water partition coefficient (Wildman–Crippen LogP) is 2.68. The Morgan fingerprint density at radius 3 is 2.86 bits per heavy atom. The fourth-order valence-corrected chi connectivity index (χ4v) is 3.45. The van der Waals surface area contributed by atoms with Crippen LogP contribution in [0.3, 0.4) is 0 Å². The molecule has 0 bridgehead atoms. The van der Waals surface area contributed by atoms with Crippen molar-refractivity contribution in [2.24, 2.45) is 7.05 Å². The van der Waals surface area contributed by atoms with Gasteiger partial charge >= 0.3 is 0 Å². The summed E-state index contributed by atoms with van der Waals surface area (Å²) >= 11 is 0. The molecule has 0 radical (unpaired) electrons. The van der Waals surface area contributed by atoms with Crippen molar-refractivity contribution in [3.8, 4) is 0 Å². The molecule has 0 saturated carbocycles. The Kier molecular flexibility index (Phi) is 3.42. The zero-order valence-corrected chi connectivity index (χ0v) is 12.9. The van der Waals surface area contributed by atoms with Crippen LogP contribution in [0.15, 0.2) is 36.7 Å². The first kappa shape index (κ1) is 13.5. The van der Waals surface area contributed by atoms with Gasteiger partial charge in [-0.3, -0.25) is 9.58 Å². The van der Waals surface area contributed by atoms with E-state index in [2.05, 4.69) is 44.5 Å². The van der Waals surface area contributed by atoms with Gasteiger partial charge in [-0.25, -0.2) is 0 Å². The van der Waals surface area contributed by atoms with Gasteiger partial charge in [0.15, 0.2) is 0 Å². The second-order valence-electron chi connectivity index (χ2n) is 6.26. The van der Waals surface area contributed by atoms with Crippen LogP contribution >= 0.6 is 0 Å². The Balaban J connectivity index is 1.40. The summed E-state index contributed by atoms with van der Waals surface area (Å²) in [5, 5.41) is 9.51. The second kappa shape index (κ2) is 5.57. The van der Waals surface area contributed by atoms with Gasteiger partial charge in [0.25, 0.3) is 0 Å². The lowest BCUT2D eigenvalue weighted by atomic mass is 9.89. The SMILES string of the molecule is Cn1cc(CN2CCC(c3ccc4[nH]ccc4c3)CC2)nn1. The standard InChI is InChI=1S/C17H21N5/c1-21-11-16(19-20-21)12-22-8-5-13(6-9-22)14-2-3-17-15(10-14)4-7-18-17/h2-4,7,10-11,13,18H,5-6,8-9,12H2,1H3. The summed E-state index contributed by atoms with van der Waals surface area (Å²) in [5.41, 5.74) is 3.77. The minimum Gasteiger partial charge on any atom is -0.361 e. The van der Waals surface area contributed by atoms with Crippen LogP contribution in [0.5, 0.6) is 0 Å². The van der Waals surface area contributed by atoms with Crippen LogP contribution < -0.4 is 0 Å². The van der Waals surface area contributed by atoms with Gasteiger partial charge in [0.2, 0.25) is 0 Å². The molecule has 0 aliphatic carbocycles. The number of nitrogens with zero attached hydrogens (tertiary/aromatic N) is 4. The molecule has 1 aromatic carbocycles. The molecule has 114 valence electrons. The number of H-pyrrole nitrogens is 1. The number of fused-ring (bicyclic) bond motifs is 1. The Morgan fingerprint density at radius 1 is 1.23 bits per heavy atom. The molecule has 3 aromatic rings. The summed E-state index contributed by atoms with van der Waals surface area (Å²) in [6.45, 7) is 3.18. The highest BCUT2D eigenvalue weighted by Gasteiger charge is 2.21. The van der Waals surface area contributed by atoms with Crippen molar-refractivity contribution in [2.75, 3.05) is 13.1 Å². The third-order valence-corrected chi connectivity index (χ3v) is 4.67. The van der Waals surface area contributed by atoms with E-state index >= 15 is 0 Å². The summed E-state index contributed by atoms with van der Waals surface area (Å²) in [6.07, 6.45) is 6.45. The molecule has 0 atom stereocenters. The number of hydrogen-bond acceptors (Lipinski definition) is 3. The monoisotopic (exact) mass is 295 g/mol. The third-order valence-electron chi connectivity index (χ3n) is 4.67. The Labute approximate surface area is 129 Å². The van der Waals surface area contributed by atoms with Gasteiger partial charge in [-0.2, -0.15) is 0 Å². The fraction of sp³-hybridized carbons (Fsp3) is 0.412. The van der Waals surface area contributed by atoms with Gasteiger partial charge in [-0.1, -0.05) is 11.3 Å². The topological polar surface area (TPSA) is 49.7 Å².